The Balaban J connectivity index is 0.00000121. The molecule has 4 heteroatoms. The van der Waals surface area contributed by atoms with E-state index in [2.05, 4.69) is 5.43 Å². The number of rotatable bonds is 3. The van der Waals surface area contributed by atoms with E-state index in [1.54, 1.807) is 7.11 Å². The second-order valence-corrected chi connectivity index (χ2v) is 2.23. The number of halogens is 1. The Labute approximate surface area is 78.3 Å². The maximum absolute atomic E-state index is 5.15. The number of hydrazine groups is 1. The quantitative estimate of drug-likeness (QED) is 0.551. The van der Waals surface area contributed by atoms with Crippen LogP contribution in [0.25, 0.3) is 0 Å². The average molecular weight is 189 g/mol. The minimum atomic E-state index is 0. The van der Waals surface area contributed by atoms with Crippen LogP contribution in [0.15, 0.2) is 24.3 Å². The first-order valence-electron chi connectivity index (χ1n) is 3.43. The first kappa shape index (κ1) is 11.2. The largest absolute Gasteiger partial charge is 0.497 e. The SMILES string of the molecule is COc1ccc(CNN)cc1.Cl. The number of hydrogen-bond acceptors (Lipinski definition) is 3. The van der Waals surface area contributed by atoms with Gasteiger partial charge < -0.3 is 4.74 Å². The molecule has 0 radical (unpaired) electrons. The van der Waals surface area contributed by atoms with Gasteiger partial charge in [-0.3, -0.25) is 11.3 Å². The molecule has 0 fully saturated rings. The molecule has 0 saturated carbocycles. The highest BCUT2D eigenvalue weighted by atomic mass is 35.5. The molecule has 0 bridgehead atoms. The van der Waals surface area contributed by atoms with Crippen molar-refractivity contribution in [1.82, 2.24) is 5.43 Å². The van der Waals surface area contributed by atoms with Crippen molar-refractivity contribution < 1.29 is 4.74 Å². The van der Waals surface area contributed by atoms with Crippen LogP contribution in [-0.2, 0) is 6.54 Å². The number of nitrogens with two attached hydrogens (primary N) is 1. The molecule has 0 aliphatic rings. The average Bonchev–Trinajstić information content (AvgIpc) is 2.07. The van der Waals surface area contributed by atoms with Gasteiger partial charge in [-0.15, -0.1) is 12.4 Å². The second-order valence-electron chi connectivity index (χ2n) is 2.23. The Morgan fingerprint density at radius 3 is 2.33 bits per heavy atom. The van der Waals surface area contributed by atoms with Crippen molar-refractivity contribution >= 4 is 12.4 Å². The first-order chi connectivity index (χ1) is 5.36. The Bertz CT molecular complexity index is 213. The lowest BCUT2D eigenvalue weighted by Gasteiger charge is -2.01. The van der Waals surface area contributed by atoms with Gasteiger partial charge in [-0.25, -0.2) is 0 Å². The molecule has 12 heavy (non-hydrogen) atoms. The Morgan fingerprint density at radius 2 is 1.92 bits per heavy atom. The summed E-state index contributed by atoms with van der Waals surface area (Å²) < 4.78 is 5.00. The third-order valence-electron chi connectivity index (χ3n) is 1.47. The van der Waals surface area contributed by atoms with Gasteiger partial charge in [0.05, 0.1) is 7.11 Å². The third kappa shape index (κ3) is 3.09. The summed E-state index contributed by atoms with van der Waals surface area (Å²) in [5.41, 5.74) is 3.73. The fraction of sp³-hybridized carbons (Fsp3) is 0.250. The zero-order chi connectivity index (χ0) is 8.10. The van der Waals surface area contributed by atoms with E-state index in [1.807, 2.05) is 24.3 Å². The zero-order valence-corrected chi connectivity index (χ0v) is 7.73. The van der Waals surface area contributed by atoms with E-state index >= 15 is 0 Å². The van der Waals surface area contributed by atoms with Gasteiger partial charge in [-0.05, 0) is 17.7 Å². The number of nitrogens with one attached hydrogen (secondary N) is 1. The smallest absolute Gasteiger partial charge is 0.118 e. The summed E-state index contributed by atoms with van der Waals surface area (Å²) in [6, 6.07) is 7.76. The lowest BCUT2D eigenvalue weighted by molar-refractivity contribution is 0.414. The molecule has 3 N–H and O–H groups in total. The number of methoxy groups -OCH3 is 1. The minimum absolute atomic E-state index is 0. The summed E-state index contributed by atoms with van der Waals surface area (Å²) in [4.78, 5) is 0. The van der Waals surface area contributed by atoms with Crippen molar-refractivity contribution in [3.05, 3.63) is 29.8 Å². The topological polar surface area (TPSA) is 47.3 Å². The monoisotopic (exact) mass is 188 g/mol. The first-order valence-corrected chi connectivity index (χ1v) is 3.43. The Morgan fingerprint density at radius 1 is 1.33 bits per heavy atom. The summed E-state index contributed by atoms with van der Waals surface area (Å²) in [6.07, 6.45) is 0. The maximum atomic E-state index is 5.15. The minimum Gasteiger partial charge on any atom is -0.497 e. The molecule has 0 aliphatic heterocycles. The second kappa shape index (κ2) is 5.83. The van der Waals surface area contributed by atoms with Crippen LogP contribution < -0.4 is 16.0 Å². The van der Waals surface area contributed by atoms with Crippen LogP contribution in [-0.4, -0.2) is 7.11 Å². The summed E-state index contributed by atoms with van der Waals surface area (Å²) in [5, 5.41) is 0. The standard InChI is InChI=1S/C8H12N2O.ClH/c1-11-8-4-2-7(3-5-8)6-10-9;/h2-5,10H,6,9H2,1H3;1H. The van der Waals surface area contributed by atoms with E-state index in [-0.39, 0.29) is 12.4 Å². The normalized spacial score (nSPS) is 8.83. The van der Waals surface area contributed by atoms with Crippen LogP contribution in [0.5, 0.6) is 5.75 Å². The highest BCUT2D eigenvalue weighted by molar-refractivity contribution is 5.85. The van der Waals surface area contributed by atoms with Crippen LogP contribution in [0.2, 0.25) is 0 Å². The maximum Gasteiger partial charge on any atom is 0.118 e. The summed E-state index contributed by atoms with van der Waals surface area (Å²) in [5.74, 6) is 6.02. The molecule has 0 unspecified atom stereocenters. The van der Waals surface area contributed by atoms with E-state index in [9.17, 15) is 0 Å². The number of ether oxygens (including phenoxy) is 1. The van der Waals surface area contributed by atoms with Gasteiger partial charge >= 0.3 is 0 Å². The highest BCUT2D eigenvalue weighted by Gasteiger charge is 1.91. The van der Waals surface area contributed by atoms with Crippen LogP contribution >= 0.6 is 12.4 Å². The molecular formula is C8H13ClN2O. The van der Waals surface area contributed by atoms with Crippen molar-refractivity contribution in [2.45, 2.75) is 6.54 Å². The van der Waals surface area contributed by atoms with Gasteiger partial charge in [-0.1, -0.05) is 12.1 Å². The van der Waals surface area contributed by atoms with E-state index in [1.165, 1.54) is 0 Å². The van der Waals surface area contributed by atoms with Crippen LogP contribution in [0.1, 0.15) is 5.56 Å². The van der Waals surface area contributed by atoms with Gasteiger partial charge in [0.15, 0.2) is 0 Å². The molecule has 0 spiro atoms. The van der Waals surface area contributed by atoms with Crippen molar-refractivity contribution in [2.75, 3.05) is 7.11 Å². The van der Waals surface area contributed by atoms with Gasteiger partial charge in [0.25, 0.3) is 0 Å². The Hall–Kier alpha value is -0.770. The molecule has 1 rings (SSSR count). The zero-order valence-electron chi connectivity index (χ0n) is 6.91. The van der Waals surface area contributed by atoms with Crippen molar-refractivity contribution in [1.29, 1.82) is 0 Å². The summed E-state index contributed by atoms with van der Waals surface area (Å²) in [7, 11) is 1.65. The van der Waals surface area contributed by atoms with Crippen molar-refractivity contribution in [3.8, 4) is 5.75 Å². The molecule has 1 aromatic rings. The molecule has 0 atom stereocenters. The van der Waals surface area contributed by atoms with E-state index < -0.39 is 0 Å². The fourth-order valence-electron chi connectivity index (χ4n) is 0.861. The predicted molar refractivity (Wildman–Crippen MR) is 51.3 cm³/mol. The summed E-state index contributed by atoms with van der Waals surface area (Å²) in [6.45, 7) is 0.685. The van der Waals surface area contributed by atoms with E-state index in [0.717, 1.165) is 11.3 Å². The van der Waals surface area contributed by atoms with Crippen LogP contribution in [0.3, 0.4) is 0 Å². The van der Waals surface area contributed by atoms with E-state index in [4.69, 9.17) is 10.6 Å². The Kier molecular flexibility index (Phi) is 5.45. The van der Waals surface area contributed by atoms with Crippen molar-refractivity contribution in [2.24, 2.45) is 5.84 Å². The third-order valence-corrected chi connectivity index (χ3v) is 1.47. The lowest BCUT2D eigenvalue weighted by Crippen LogP contribution is -2.20. The molecule has 0 saturated heterocycles. The van der Waals surface area contributed by atoms with Gasteiger partial charge in [0, 0.05) is 6.54 Å². The number of benzene rings is 1. The highest BCUT2D eigenvalue weighted by Crippen LogP contribution is 2.10. The van der Waals surface area contributed by atoms with Crippen LogP contribution in [0, 0.1) is 0 Å². The van der Waals surface area contributed by atoms with Gasteiger partial charge in [0.1, 0.15) is 5.75 Å². The molecule has 0 amide bonds. The van der Waals surface area contributed by atoms with Gasteiger partial charge in [-0.2, -0.15) is 0 Å². The molecular weight excluding hydrogens is 176 g/mol. The predicted octanol–water partition coefficient (Wildman–Crippen LogP) is 1.08. The number of hydrogen-bond donors (Lipinski definition) is 2. The fourth-order valence-corrected chi connectivity index (χ4v) is 0.861. The molecule has 0 heterocycles. The molecule has 68 valence electrons. The molecule has 3 nitrogen and oxygen atoms in total. The molecule has 0 aliphatic carbocycles. The van der Waals surface area contributed by atoms with E-state index in [0.29, 0.717) is 6.54 Å². The van der Waals surface area contributed by atoms with Crippen molar-refractivity contribution in [3.63, 3.8) is 0 Å². The van der Waals surface area contributed by atoms with Gasteiger partial charge in [0.2, 0.25) is 0 Å². The summed E-state index contributed by atoms with van der Waals surface area (Å²) >= 11 is 0. The molecule has 1 aromatic carbocycles. The molecule has 0 aromatic heterocycles. The lowest BCUT2D eigenvalue weighted by atomic mass is 10.2. The van der Waals surface area contributed by atoms with Crippen LogP contribution in [0.4, 0.5) is 0 Å².